The van der Waals surface area contributed by atoms with E-state index in [9.17, 15) is 4.79 Å². The second-order valence-electron chi connectivity index (χ2n) is 6.77. The van der Waals surface area contributed by atoms with Gasteiger partial charge in [0.2, 0.25) is 0 Å². The molecule has 0 bridgehead atoms. The number of fused-ring (bicyclic) bond motifs is 1. The number of aromatic nitrogens is 4. The van der Waals surface area contributed by atoms with Gasteiger partial charge in [0.15, 0.2) is 5.65 Å². The quantitative estimate of drug-likeness (QED) is 0.526. The van der Waals surface area contributed by atoms with Gasteiger partial charge in [-0.15, -0.1) is 0 Å². The zero-order valence-corrected chi connectivity index (χ0v) is 16.6. The van der Waals surface area contributed by atoms with Crippen LogP contribution in [-0.2, 0) is 6.54 Å². The highest BCUT2D eigenvalue weighted by Gasteiger charge is 2.13. The lowest BCUT2D eigenvalue weighted by atomic mass is 10.1. The van der Waals surface area contributed by atoms with Crippen molar-refractivity contribution in [3.8, 4) is 11.4 Å². The minimum atomic E-state index is -0.164. The molecule has 0 aliphatic rings. The molecule has 0 unspecified atom stereocenters. The Balaban J connectivity index is 1.79. The summed E-state index contributed by atoms with van der Waals surface area (Å²) in [6, 6.07) is 11.5. The molecule has 0 radical (unpaired) electrons. The van der Waals surface area contributed by atoms with Crippen LogP contribution >= 0.6 is 11.6 Å². The zero-order valence-electron chi connectivity index (χ0n) is 15.8. The van der Waals surface area contributed by atoms with Crippen molar-refractivity contribution in [2.75, 3.05) is 7.11 Å². The van der Waals surface area contributed by atoms with Crippen LogP contribution in [0.2, 0.25) is 5.02 Å². The molecule has 0 aliphatic heterocycles. The van der Waals surface area contributed by atoms with Crippen LogP contribution in [0.3, 0.4) is 0 Å². The molecular formula is C21H19ClN4O2. The number of methoxy groups -OCH3 is 1. The number of ether oxygens (including phenoxy) is 1. The maximum atomic E-state index is 13.0. The van der Waals surface area contributed by atoms with Crippen molar-refractivity contribution in [3.05, 3.63) is 81.0 Å². The monoisotopic (exact) mass is 394 g/mol. The standard InChI is InChI=1S/C21H19ClN4O2/c1-13-6-14(2)8-17(7-13)26-20-18(10-24-26)21(27)25(12-23-20)11-15-9-16(22)4-5-19(15)28-3/h4-10,12H,11H2,1-3H3. The Labute approximate surface area is 167 Å². The fourth-order valence-corrected chi connectivity index (χ4v) is 3.57. The summed E-state index contributed by atoms with van der Waals surface area (Å²) in [6.07, 6.45) is 3.10. The first-order valence-corrected chi connectivity index (χ1v) is 9.18. The predicted molar refractivity (Wildman–Crippen MR) is 110 cm³/mol. The molecule has 7 heteroatoms. The van der Waals surface area contributed by atoms with Gasteiger partial charge < -0.3 is 4.74 Å². The molecular weight excluding hydrogens is 376 g/mol. The zero-order chi connectivity index (χ0) is 19.8. The third-order valence-electron chi connectivity index (χ3n) is 4.59. The first kappa shape index (κ1) is 18.3. The van der Waals surface area contributed by atoms with E-state index in [2.05, 4.69) is 16.1 Å². The summed E-state index contributed by atoms with van der Waals surface area (Å²) in [7, 11) is 1.59. The van der Waals surface area contributed by atoms with E-state index in [0.29, 0.717) is 28.4 Å². The SMILES string of the molecule is COc1ccc(Cl)cc1Cn1cnc2c(cnn2-c2cc(C)cc(C)c2)c1=O. The van der Waals surface area contributed by atoms with E-state index in [1.165, 1.54) is 10.9 Å². The van der Waals surface area contributed by atoms with Gasteiger partial charge in [0.1, 0.15) is 17.5 Å². The Morgan fingerprint density at radius 2 is 1.86 bits per heavy atom. The first-order valence-electron chi connectivity index (χ1n) is 8.80. The molecule has 0 saturated heterocycles. The summed E-state index contributed by atoms with van der Waals surface area (Å²) >= 11 is 6.10. The third kappa shape index (κ3) is 3.27. The van der Waals surface area contributed by atoms with Crippen molar-refractivity contribution in [1.29, 1.82) is 0 Å². The number of hydrogen-bond acceptors (Lipinski definition) is 4. The maximum absolute atomic E-state index is 13.0. The average molecular weight is 395 g/mol. The van der Waals surface area contributed by atoms with Crippen LogP contribution in [0, 0.1) is 13.8 Å². The second kappa shape index (κ2) is 7.13. The minimum absolute atomic E-state index is 0.164. The van der Waals surface area contributed by atoms with Crippen molar-refractivity contribution < 1.29 is 4.74 Å². The van der Waals surface area contributed by atoms with Crippen molar-refractivity contribution in [2.24, 2.45) is 0 Å². The van der Waals surface area contributed by atoms with E-state index < -0.39 is 0 Å². The predicted octanol–water partition coefficient (Wildman–Crippen LogP) is 3.91. The molecule has 0 aliphatic carbocycles. The second-order valence-corrected chi connectivity index (χ2v) is 7.21. The Morgan fingerprint density at radius 3 is 2.57 bits per heavy atom. The highest BCUT2D eigenvalue weighted by atomic mass is 35.5. The topological polar surface area (TPSA) is 61.9 Å². The molecule has 4 aromatic rings. The summed E-state index contributed by atoms with van der Waals surface area (Å²) < 4.78 is 8.60. The number of rotatable bonds is 4. The van der Waals surface area contributed by atoms with Gasteiger partial charge in [0.05, 0.1) is 25.5 Å². The van der Waals surface area contributed by atoms with Gasteiger partial charge in [-0.2, -0.15) is 5.10 Å². The summed E-state index contributed by atoms with van der Waals surface area (Å²) in [5, 5.41) is 5.44. The average Bonchev–Trinajstić information content (AvgIpc) is 3.08. The van der Waals surface area contributed by atoms with Crippen LogP contribution < -0.4 is 10.3 Å². The number of halogens is 1. The molecule has 2 aromatic carbocycles. The van der Waals surface area contributed by atoms with Crippen LogP contribution in [0.4, 0.5) is 0 Å². The molecule has 28 heavy (non-hydrogen) atoms. The van der Waals surface area contributed by atoms with Crippen LogP contribution in [0.5, 0.6) is 5.75 Å². The first-order chi connectivity index (χ1) is 13.5. The normalized spacial score (nSPS) is 11.1. The van der Waals surface area contributed by atoms with E-state index in [4.69, 9.17) is 16.3 Å². The molecule has 2 aromatic heterocycles. The Bertz CT molecular complexity index is 1220. The van der Waals surface area contributed by atoms with Gasteiger partial charge in [0.25, 0.3) is 5.56 Å². The fraction of sp³-hybridized carbons (Fsp3) is 0.190. The minimum Gasteiger partial charge on any atom is -0.496 e. The van der Waals surface area contributed by atoms with Gasteiger partial charge in [-0.1, -0.05) is 17.7 Å². The lowest BCUT2D eigenvalue weighted by molar-refractivity contribution is 0.408. The largest absolute Gasteiger partial charge is 0.496 e. The molecule has 0 spiro atoms. The Morgan fingerprint density at radius 1 is 1.11 bits per heavy atom. The fourth-order valence-electron chi connectivity index (χ4n) is 3.38. The molecule has 0 saturated carbocycles. The Hall–Kier alpha value is -3.12. The maximum Gasteiger partial charge on any atom is 0.264 e. The highest BCUT2D eigenvalue weighted by molar-refractivity contribution is 6.30. The van der Waals surface area contributed by atoms with Gasteiger partial charge >= 0.3 is 0 Å². The number of aryl methyl sites for hydroxylation is 2. The molecule has 0 atom stereocenters. The lowest BCUT2D eigenvalue weighted by Crippen LogP contribution is -2.21. The third-order valence-corrected chi connectivity index (χ3v) is 4.82. The van der Waals surface area contributed by atoms with Crippen LogP contribution in [0.1, 0.15) is 16.7 Å². The highest BCUT2D eigenvalue weighted by Crippen LogP contribution is 2.23. The van der Waals surface area contributed by atoms with Gasteiger partial charge in [0, 0.05) is 10.6 Å². The summed E-state index contributed by atoms with van der Waals surface area (Å²) in [4.78, 5) is 17.5. The van der Waals surface area contributed by atoms with Gasteiger partial charge in [-0.05, 0) is 55.3 Å². The summed E-state index contributed by atoms with van der Waals surface area (Å²) in [6.45, 7) is 4.36. The van der Waals surface area contributed by atoms with Crippen molar-refractivity contribution in [3.63, 3.8) is 0 Å². The molecule has 6 nitrogen and oxygen atoms in total. The number of hydrogen-bond donors (Lipinski definition) is 0. The van der Waals surface area contributed by atoms with E-state index in [-0.39, 0.29) is 5.56 Å². The van der Waals surface area contributed by atoms with Crippen molar-refractivity contribution in [1.82, 2.24) is 19.3 Å². The molecule has 142 valence electrons. The molecule has 0 N–H and O–H groups in total. The molecule has 0 amide bonds. The number of nitrogens with zero attached hydrogens (tertiary/aromatic N) is 4. The summed E-state index contributed by atoms with van der Waals surface area (Å²) in [5.41, 5.74) is 4.31. The Kier molecular flexibility index (Phi) is 4.65. The van der Waals surface area contributed by atoms with Crippen molar-refractivity contribution in [2.45, 2.75) is 20.4 Å². The van der Waals surface area contributed by atoms with E-state index >= 15 is 0 Å². The van der Waals surface area contributed by atoms with E-state index in [1.807, 2.05) is 26.0 Å². The lowest BCUT2D eigenvalue weighted by Gasteiger charge is -2.11. The molecule has 0 fully saturated rings. The smallest absolute Gasteiger partial charge is 0.264 e. The number of benzene rings is 2. The molecule has 2 heterocycles. The summed E-state index contributed by atoms with van der Waals surface area (Å²) in [5.74, 6) is 0.669. The molecule has 4 rings (SSSR count). The van der Waals surface area contributed by atoms with Crippen molar-refractivity contribution >= 4 is 22.6 Å². The van der Waals surface area contributed by atoms with Gasteiger partial charge in [-0.3, -0.25) is 9.36 Å². The van der Waals surface area contributed by atoms with Crippen LogP contribution in [0.15, 0.2) is 53.7 Å². The van der Waals surface area contributed by atoms with Crippen LogP contribution in [0.25, 0.3) is 16.7 Å². The van der Waals surface area contributed by atoms with E-state index in [0.717, 1.165) is 22.4 Å². The van der Waals surface area contributed by atoms with Gasteiger partial charge in [-0.25, -0.2) is 9.67 Å². The van der Waals surface area contributed by atoms with Crippen LogP contribution in [-0.4, -0.2) is 26.4 Å². The van der Waals surface area contributed by atoms with E-state index in [1.54, 1.807) is 36.2 Å².